The summed E-state index contributed by atoms with van der Waals surface area (Å²) in [5.41, 5.74) is 1.01. The molecule has 0 atom stereocenters. The molecule has 40 heavy (non-hydrogen) atoms. The summed E-state index contributed by atoms with van der Waals surface area (Å²) >= 11 is 13.6. The molecule has 4 rings (SSSR count). The first kappa shape index (κ1) is 29.8. The number of hydrogen-bond acceptors (Lipinski definition) is 6. The number of ether oxygens (including phenoxy) is 2. The third-order valence-electron chi connectivity index (χ3n) is 5.65. The molecule has 1 aromatic heterocycles. The minimum absolute atomic E-state index is 0.198. The number of halogens is 3. The highest BCUT2D eigenvalue weighted by Crippen LogP contribution is 2.42. The Morgan fingerprint density at radius 1 is 1.12 bits per heavy atom. The topological polar surface area (TPSA) is 94.8 Å². The second-order valence-electron chi connectivity index (χ2n) is 9.77. The number of aromatic nitrogens is 2. The number of carbonyl (C=O) groups excluding carboxylic acids is 1. The van der Waals surface area contributed by atoms with Gasteiger partial charge < -0.3 is 14.8 Å². The maximum atomic E-state index is 13.5. The van der Waals surface area contributed by atoms with Crippen molar-refractivity contribution in [3.05, 3.63) is 90.3 Å². The van der Waals surface area contributed by atoms with Crippen LogP contribution in [0.15, 0.2) is 73.4 Å². The van der Waals surface area contributed by atoms with E-state index >= 15 is 0 Å². The van der Waals surface area contributed by atoms with Crippen LogP contribution >= 0.6 is 43.5 Å². The molecular formula is C29H27Br2ClN4O4. The van der Waals surface area contributed by atoms with Gasteiger partial charge in [0.25, 0.3) is 11.5 Å². The Hall–Kier alpha value is -3.21. The average molecular weight is 691 g/mol. The summed E-state index contributed by atoms with van der Waals surface area (Å²) in [6.07, 6.45) is 1.51. The van der Waals surface area contributed by atoms with Crippen molar-refractivity contribution < 1.29 is 14.3 Å². The quantitative estimate of drug-likeness (QED) is 0.198. The molecule has 0 radical (unpaired) electrons. The summed E-state index contributed by atoms with van der Waals surface area (Å²) in [6.45, 7) is 7.77. The number of para-hydroxylation sites is 1. The van der Waals surface area contributed by atoms with E-state index in [1.54, 1.807) is 30.3 Å². The molecule has 0 aliphatic heterocycles. The van der Waals surface area contributed by atoms with Crippen molar-refractivity contribution in [1.29, 1.82) is 0 Å². The second-order valence-corrected chi connectivity index (χ2v) is 11.9. The number of amides is 1. The number of nitrogens with one attached hydrogen (secondary N) is 1. The van der Waals surface area contributed by atoms with Gasteiger partial charge in [-0.2, -0.15) is 9.78 Å². The summed E-state index contributed by atoms with van der Waals surface area (Å²) in [7, 11) is 0. The molecule has 4 aromatic rings. The van der Waals surface area contributed by atoms with E-state index in [0.717, 1.165) is 4.47 Å². The first-order chi connectivity index (χ1) is 19.0. The van der Waals surface area contributed by atoms with E-state index in [1.165, 1.54) is 10.9 Å². The number of fused-ring (bicyclic) bond motifs is 1. The van der Waals surface area contributed by atoms with E-state index in [4.69, 9.17) is 26.1 Å². The fourth-order valence-electron chi connectivity index (χ4n) is 3.81. The normalized spacial score (nSPS) is 11.7. The van der Waals surface area contributed by atoms with Crippen LogP contribution in [0.25, 0.3) is 10.9 Å². The van der Waals surface area contributed by atoms with Crippen molar-refractivity contribution in [3.63, 3.8) is 0 Å². The maximum Gasteiger partial charge on any atom is 0.282 e. The first-order valence-corrected chi connectivity index (χ1v) is 14.4. The van der Waals surface area contributed by atoms with Gasteiger partial charge in [0.2, 0.25) is 0 Å². The fraction of sp³-hybridized carbons (Fsp3) is 0.241. The summed E-state index contributed by atoms with van der Waals surface area (Å²) in [5, 5.41) is 7.93. The lowest BCUT2D eigenvalue weighted by molar-refractivity contribution is -0.118. The summed E-state index contributed by atoms with van der Waals surface area (Å²) in [4.78, 5) is 30.7. The molecule has 0 aliphatic rings. The number of nitrogens with zero attached hydrogens (tertiary/aromatic N) is 3. The molecule has 1 heterocycles. The van der Waals surface area contributed by atoms with Crippen LogP contribution in [0.3, 0.4) is 0 Å². The van der Waals surface area contributed by atoms with Crippen LogP contribution in [0.5, 0.6) is 11.5 Å². The highest BCUT2D eigenvalue weighted by atomic mass is 79.9. The first-order valence-electron chi connectivity index (χ1n) is 12.4. The molecular weight excluding hydrogens is 664 g/mol. The Morgan fingerprint density at radius 3 is 2.52 bits per heavy atom. The van der Waals surface area contributed by atoms with Crippen LogP contribution in [0, 0.1) is 0 Å². The summed E-state index contributed by atoms with van der Waals surface area (Å²) in [6, 6.07) is 16.1. The van der Waals surface area contributed by atoms with E-state index in [0.29, 0.717) is 44.8 Å². The van der Waals surface area contributed by atoms with Crippen molar-refractivity contribution in [2.45, 2.75) is 33.1 Å². The molecule has 208 valence electrons. The van der Waals surface area contributed by atoms with E-state index in [2.05, 4.69) is 42.3 Å². The van der Waals surface area contributed by atoms with Crippen molar-refractivity contribution in [3.8, 4) is 11.5 Å². The fourth-order valence-corrected chi connectivity index (χ4v) is 4.83. The average Bonchev–Trinajstić information content (AvgIpc) is 2.90. The number of hydrogen-bond donors (Lipinski definition) is 1. The highest BCUT2D eigenvalue weighted by Gasteiger charge is 2.23. The lowest BCUT2D eigenvalue weighted by Gasteiger charge is -2.21. The van der Waals surface area contributed by atoms with Crippen LogP contribution in [-0.4, -0.2) is 35.0 Å². The van der Waals surface area contributed by atoms with Crippen molar-refractivity contribution in [1.82, 2.24) is 9.66 Å². The van der Waals surface area contributed by atoms with Gasteiger partial charge in [0.1, 0.15) is 10.8 Å². The predicted octanol–water partition coefficient (Wildman–Crippen LogP) is 7.17. The van der Waals surface area contributed by atoms with E-state index in [1.807, 2.05) is 52.0 Å². The molecule has 0 aliphatic carbocycles. The van der Waals surface area contributed by atoms with Gasteiger partial charge in [0.05, 0.1) is 23.7 Å². The van der Waals surface area contributed by atoms with Crippen molar-refractivity contribution in [2.24, 2.45) is 5.10 Å². The molecule has 8 nitrogen and oxygen atoms in total. The number of anilines is 1. The van der Waals surface area contributed by atoms with Crippen LogP contribution in [0.1, 0.15) is 39.1 Å². The maximum absolute atomic E-state index is 13.5. The third-order valence-corrected chi connectivity index (χ3v) is 7.59. The lowest BCUT2D eigenvalue weighted by Crippen LogP contribution is -2.29. The van der Waals surface area contributed by atoms with Gasteiger partial charge in [0.15, 0.2) is 18.1 Å². The molecule has 0 fully saturated rings. The van der Waals surface area contributed by atoms with E-state index in [-0.39, 0.29) is 28.8 Å². The van der Waals surface area contributed by atoms with Crippen LogP contribution in [-0.2, 0) is 10.2 Å². The Morgan fingerprint density at radius 2 is 1.85 bits per heavy atom. The Labute approximate surface area is 253 Å². The standard InChI is InChI=1S/C29H27Br2ClN4O4/c1-5-39-22-13-17(24(31)25(32)26(22)40-16-23(37)34-19-9-7-6-8-10-19)15-33-36-27(38)20-14-18(30)11-12-21(20)35-28(36)29(2,3)4/h6-15H,5,16H2,1-4H3,(H,34,37). The van der Waals surface area contributed by atoms with Gasteiger partial charge in [-0.3, -0.25) is 9.59 Å². The monoisotopic (exact) mass is 688 g/mol. The Balaban J connectivity index is 1.70. The predicted molar refractivity (Wildman–Crippen MR) is 166 cm³/mol. The smallest absolute Gasteiger partial charge is 0.282 e. The lowest BCUT2D eigenvalue weighted by atomic mass is 9.95. The minimum atomic E-state index is -0.471. The molecule has 1 amide bonds. The number of rotatable bonds is 8. The summed E-state index contributed by atoms with van der Waals surface area (Å²) < 4.78 is 14.1. The molecule has 0 bridgehead atoms. The molecule has 11 heteroatoms. The van der Waals surface area contributed by atoms with Gasteiger partial charge >= 0.3 is 0 Å². The zero-order chi connectivity index (χ0) is 29.0. The van der Waals surface area contributed by atoms with Gasteiger partial charge in [-0.15, -0.1) is 0 Å². The van der Waals surface area contributed by atoms with Gasteiger partial charge in [-0.1, -0.05) is 66.5 Å². The van der Waals surface area contributed by atoms with Crippen molar-refractivity contribution >= 4 is 72.2 Å². The van der Waals surface area contributed by atoms with Crippen LogP contribution < -0.4 is 20.3 Å². The Bertz CT molecular complexity index is 1650. The van der Waals surface area contributed by atoms with Gasteiger partial charge in [-0.05, 0) is 59.3 Å². The zero-order valence-corrected chi connectivity index (χ0v) is 26.2. The minimum Gasteiger partial charge on any atom is -0.490 e. The molecule has 3 aromatic carbocycles. The van der Waals surface area contributed by atoms with Crippen LogP contribution in [0.4, 0.5) is 5.69 Å². The number of carbonyl (C=O) groups is 1. The molecule has 0 unspecified atom stereocenters. The molecule has 0 spiro atoms. The summed E-state index contributed by atoms with van der Waals surface area (Å²) in [5.74, 6) is 0.686. The SMILES string of the molecule is CCOc1cc(C=Nn2c(C(C)(C)C)nc3ccc(Br)cc3c2=O)c(Br)c(Cl)c1OCC(=O)Nc1ccccc1. The zero-order valence-electron chi connectivity index (χ0n) is 22.3. The molecule has 1 N–H and O–H groups in total. The number of benzene rings is 3. The third kappa shape index (κ3) is 6.74. The van der Waals surface area contributed by atoms with Crippen LogP contribution in [0.2, 0.25) is 5.02 Å². The van der Waals surface area contributed by atoms with E-state index in [9.17, 15) is 9.59 Å². The van der Waals surface area contributed by atoms with Crippen molar-refractivity contribution in [2.75, 3.05) is 18.5 Å². The molecule has 0 saturated carbocycles. The molecule has 0 saturated heterocycles. The van der Waals surface area contributed by atoms with Gasteiger partial charge in [0, 0.05) is 25.6 Å². The highest BCUT2D eigenvalue weighted by molar-refractivity contribution is 9.10. The van der Waals surface area contributed by atoms with E-state index < -0.39 is 5.41 Å². The largest absolute Gasteiger partial charge is 0.490 e. The Kier molecular flexibility index (Phi) is 9.33. The van der Waals surface area contributed by atoms with Gasteiger partial charge in [-0.25, -0.2) is 4.98 Å². The second kappa shape index (κ2) is 12.5.